The number of nitrogens with zero attached hydrogens (tertiary/aromatic N) is 2. The second-order valence-corrected chi connectivity index (χ2v) is 20.1. The molecule has 1 N–H and O–H groups in total. The van der Waals surface area contributed by atoms with Crippen molar-refractivity contribution in [3.8, 4) is 0 Å². The predicted octanol–water partition coefficient (Wildman–Crippen LogP) is 15.6. The zero-order chi connectivity index (χ0) is 45.7. The van der Waals surface area contributed by atoms with Gasteiger partial charge in [0.2, 0.25) is 0 Å². The van der Waals surface area contributed by atoms with E-state index in [1.807, 2.05) is 0 Å². The summed E-state index contributed by atoms with van der Waals surface area (Å²) in [6.45, 7) is 15.3. The van der Waals surface area contributed by atoms with Crippen LogP contribution in [0.1, 0.15) is 278 Å². The summed E-state index contributed by atoms with van der Waals surface area (Å²) >= 11 is 0. The molecule has 0 radical (unpaired) electrons. The van der Waals surface area contributed by atoms with Crippen LogP contribution in [0.15, 0.2) is 0 Å². The van der Waals surface area contributed by atoms with Crippen molar-refractivity contribution in [3.63, 3.8) is 0 Å². The quantitative estimate of drug-likeness (QED) is 0.0481. The lowest BCUT2D eigenvalue weighted by Crippen LogP contribution is -2.45. The second kappa shape index (κ2) is 46.0. The monoisotopic (exact) mass is 891 g/mol. The first-order valence-electron chi connectivity index (χ1n) is 28.4. The maximum absolute atomic E-state index is 12.7. The summed E-state index contributed by atoms with van der Waals surface area (Å²) in [6, 6.07) is 0.693. The molecule has 374 valence electrons. The number of aliphatic hydroxyl groups is 1. The minimum absolute atomic E-state index is 0.00741. The molecule has 0 saturated heterocycles. The molecule has 0 aromatic rings. The average Bonchev–Trinajstić information content (AvgIpc) is 3.26. The third-order valence-corrected chi connectivity index (χ3v) is 14.3. The molecule has 0 bridgehead atoms. The Bertz CT molecular complexity index is 947. The van der Waals surface area contributed by atoms with Crippen molar-refractivity contribution in [2.45, 2.75) is 284 Å². The first-order valence-corrected chi connectivity index (χ1v) is 28.4. The topological polar surface area (TPSA) is 79.3 Å². The first-order chi connectivity index (χ1) is 31.0. The molecular formula is C56H110N2O5. The van der Waals surface area contributed by atoms with E-state index < -0.39 is 0 Å². The van der Waals surface area contributed by atoms with Crippen molar-refractivity contribution in [1.82, 2.24) is 9.80 Å². The molecule has 63 heavy (non-hydrogen) atoms. The second-order valence-electron chi connectivity index (χ2n) is 20.1. The number of ether oxygens (including phenoxy) is 2. The maximum atomic E-state index is 12.7. The number of hydrogen-bond acceptors (Lipinski definition) is 7. The molecule has 1 saturated carbocycles. The molecule has 0 aromatic carbocycles. The van der Waals surface area contributed by atoms with Gasteiger partial charge in [0.1, 0.15) is 0 Å². The SMILES string of the molecule is CCCCCCCCC(CCCCCCCC)COC(=O)CCCCCN(CCO)CCN(CCCCCOC(=O)CCCCCC(CCCCCC)CCCCCC)C1CCC1. The van der Waals surface area contributed by atoms with Crippen molar-refractivity contribution < 1.29 is 24.2 Å². The average molecular weight is 892 g/mol. The largest absolute Gasteiger partial charge is 0.466 e. The summed E-state index contributed by atoms with van der Waals surface area (Å²) in [4.78, 5) is 30.3. The summed E-state index contributed by atoms with van der Waals surface area (Å²) in [5.41, 5.74) is 0. The fourth-order valence-corrected chi connectivity index (χ4v) is 9.66. The maximum Gasteiger partial charge on any atom is 0.305 e. The summed E-state index contributed by atoms with van der Waals surface area (Å²) in [6.07, 6.45) is 47.8. The molecule has 7 heteroatoms. The van der Waals surface area contributed by atoms with Gasteiger partial charge in [-0.1, -0.05) is 201 Å². The van der Waals surface area contributed by atoms with Crippen LogP contribution in [0.3, 0.4) is 0 Å². The number of hydrogen-bond donors (Lipinski definition) is 1. The predicted molar refractivity (Wildman–Crippen MR) is 271 cm³/mol. The standard InChI is InChI=1S/C56H110N2O5/c1-5-9-13-17-19-26-38-53(39-27-20-18-14-10-6-2)51-63-56(61)43-30-22-31-44-57(48-49-59)46-47-58(54-40-34-41-54)45-32-23-33-50-62-55(60)42-29-21-28-37-52(35-24-15-11-7-3)36-25-16-12-8-4/h52-54,59H,5-51H2,1-4H3. The molecule has 0 amide bonds. The molecule has 0 heterocycles. The van der Waals surface area contributed by atoms with E-state index in [0.717, 1.165) is 83.5 Å². The molecule has 0 aromatic heterocycles. The van der Waals surface area contributed by atoms with Crippen LogP contribution < -0.4 is 0 Å². The van der Waals surface area contributed by atoms with E-state index in [1.54, 1.807) is 0 Å². The van der Waals surface area contributed by atoms with Crippen LogP contribution >= 0.6 is 0 Å². The number of unbranched alkanes of at least 4 members (excludes halogenated alkanes) is 22. The van der Waals surface area contributed by atoms with Gasteiger partial charge in [0.05, 0.1) is 19.8 Å². The van der Waals surface area contributed by atoms with Gasteiger partial charge in [-0.05, 0) is 89.1 Å². The van der Waals surface area contributed by atoms with E-state index >= 15 is 0 Å². The van der Waals surface area contributed by atoms with Gasteiger partial charge in [0.15, 0.2) is 0 Å². The van der Waals surface area contributed by atoms with Crippen molar-refractivity contribution in [2.75, 3.05) is 52.5 Å². The molecule has 0 aliphatic heterocycles. The Morgan fingerprint density at radius 1 is 0.460 bits per heavy atom. The Hall–Kier alpha value is -1.18. The Balaban J connectivity index is 2.27. The lowest BCUT2D eigenvalue weighted by atomic mass is 9.89. The molecular weight excluding hydrogens is 781 g/mol. The number of carbonyl (C=O) groups excluding carboxylic acids is 2. The van der Waals surface area contributed by atoms with Crippen molar-refractivity contribution in [1.29, 1.82) is 0 Å². The summed E-state index contributed by atoms with van der Waals surface area (Å²) < 4.78 is 11.5. The van der Waals surface area contributed by atoms with Gasteiger partial charge >= 0.3 is 11.9 Å². The summed E-state index contributed by atoms with van der Waals surface area (Å²) in [7, 11) is 0. The molecule has 0 atom stereocenters. The Kier molecular flexibility index (Phi) is 43.6. The Morgan fingerprint density at radius 3 is 1.40 bits per heavy atom. The van der Waals surface area contributed by atoms with Crippen LogP contribution in [0, 0.1) is 11.8 Å². The van der Waals surface area contributed by atoms with E-state index in [1.165, 1.54) is 186 Å². The van der Waals surface area contributed by atoms with Crippen molar-refractivity contribution >= 4 is 11.9 Å². The summed E-state index contributed by atoms with van der Waals surface area (Å²) in [5, 5.41) is 9.83. The van der Waals surface area contributed by atoms with Gasteiger partial charge in [0.25, 0.3) is 0 Å². The number of aliphatic hydroxyl groups excluding tert-OH is 1. The normalized spacial score (nSPS) is 13.2. The lowest BCUT2D eigenvalue weighted by Gasteiger charge is -2.39. The van der Waals surface area contributed by atoms with Gasteiger partial charge in [-0.3, -0.25) is 19.4 Å². The molecule has 7 nitrogen and oxygen atoms in total. The fraction of sp³-hybridized carbons (Fsp3) is 0.964. The lowest BCUT2D eigenvalue weighted by molar-refractivity contribution is -0.145. The van der Waals surface area contributed by atoms with Crippen molar-refractivity contribution in [2.24, 2.45) is 11.8 Å². The van der Waals surface area contributed by atoms with E-state index in [-0.39, 0.29) is 18.5 Å². The Morgan fingerprint density at radius 2 is 0.889 bits per heavy atom. The highest BCUT2D eigenvalue weighted by Crippen LogP contribution is 2.26. The van der Waals surface area contributed by atoms with Crippen LogP contribution in [0.5, 0.6) is 0 Å². The molecule has 1 fully saturated rings. The van der Waals surface area contributed by atoms with E-state index in [4.69, 9.17) is 9.47 Å². The van der Waals surface area contributed by atoms with Crippen LogP contribution in [0.4, 0.5) is 0 Å². The molecule has 0 spiro atoms. The highest BCUT2D eigenvalue weighted by Gasteiger charge is 2.25. The zero-order valence-electron chi connectivity index (χ0n) is 42.9. The minimum Gasteiger partial charge on any atom is -0.466 e. The minimum atomic E-state index is -0.0157. The van der Waals surface area contributed by atoms with Gasteiger partial charge in [-0.15, -0.1) is 0 Å². The molecule has 1 rings (SSSR count). The third kappa shape index (κ3) is 37.6. The van der Waals surface area contributed by atoms with Crippen molar-refractivity contribution in [3.05, 3.63) is 0 Å². The number of carbonyl (C=O) groups is 2. The molecule has 1 aliphatic carbocycles. The smallest absolute Gasteiger partial charge is 0.305 e. The summed E-state index contributed by atoms with van der Waals surface area (Å²) in [5.74, 6) is 1.38. The van der Waals surface area contributed by atoms with E-state index in [2.05, 4.69) is 37.5 Å². The highest BCUT2D eigenvalue weighted by atomic mass is 16.5. The zero-order valence-corrected chi connectivity index (χ0v) is 42.9. The van der Waals surface area contributed by atoms with Gasteiger partial charge in [-0.25, -0.2) is 0 Å². The van der Waals surface area contributed by atoms with E-state index in [0.29, 0.717) is 44.6 Å². The fourth-order valence-electron chi connectivity index (χ4n) is 9.66. The highest BCUT2D eigenvalue weighted by molar-refractivity contribution is 5.69. The number of rotatable bonds is 50. The van der Waals surface area contributed by atoms with Crippen LogP contribution in [0.25, 0.3) is 0 Å². The van der Waals surface area contributed by atoms with Gasteiger partial charge < -0.3 is 14.6 Å². The van der Waals surface area contributed by atoms with Crippen LogP contribution in [0.2, 0.25) is 0 Å². The van der Waals surface area contributed by atoms with Gasteiger partial charge in [-0.2, -0.15) is 0 Å². The van der Waals surface area contributed by atoms with E-state index in [9.17, 15) is 14.7 Å². The first kappa shape index (κ1) is 59.8. The van der Waals surface area contributed by atoms with Crippen LogP contribution in [-0.2, 0) is 19.1 Å². The third-order valence-electron chi connectivity index (χ3n) is 14.3. The molecule has 1 aliphatic rings. The number of esters is 2. The Labute approximate surface area is 393 Å². The van der Waals surface area contributed by atoms with Gasteiger partial charge in [0, 0.05) is 38.5 Å². The molecule has 0 unspecified atom stereocenters. The van der Waals surface area contributed by atoms with Crippen LogP contribution in [-0.4, -0.2) is 85.4 Å².